The van der Waals surface area contributed by atoms with Gasteiger partial charge in [0.05, 0.1) is 16.3 Å². The van der Waals surface area contributed by atoms with Crippen LogP contribution in [0.4, 0.5) is 0 Å². The molecule has 0 bridgehead atoms. The fourth-order valence-corrected chi connectivity index (χ4v) is 2.61. The van der Waals surface area contributed by atoms with E-state index < -0.39 is 11.4 Å². The summed E-state index contributed by atoms with van der Waals surface area (Å²) in [5, 5.41) is 21.3. The predicted molar refractivity (Wildman–Crippen MR) is 68.5 cm³/mol. The summed E-state index contributed by atoms with van der Waals surface area (Å²) in [6, 6.07) is 6.08. The summed E-state index contributed by atoms with van der Waals surface area (Å²) in [7, 11) is 0. The Morgan fingerprint density at radius 1 is 0.947 bits per heavy atom. The molecule has 4 rings (SSSR count). The molecule has 19 heavy (non-hydrogen) atoms. The maximum absolute atomic E-state index is 11.9. The zero-order chi connectivity index (χ0) is 13.3. The molecule has 0 unspecified atom stereocenters. The van der Waals surface area contributed by atoms with Crippen LogP contribution in [0.2, 0.25) is 0 Å². The van der Waals surface area contributed by atoms with Crippen molar-refractivity contribution in [2.24, 2.45) is 0 Å². The molecular weight excluding hydrogens is 248 g/mol. The van der Waals surface area contributed by atoms with Crippen LogP contribution >= 0.6 is 0 Å². The highest BCUT2D eigenvalue weighted by atomic mass is 16.5. The molecule has 0 aliphatic rings. The molecule has 0 atom stereocenters. The molecule has 2 aromatic heterocycles. The van der Waals surface area contributed by atoms with E-state index in [1.807, 2.05) is 0 Å². The summed E-state index contributed by atoms with van der Waals surface area (Å²) in [6.07, 6.45) is 0. The van der Waals surface area contributed by atoms with E-state index in [-0.39, 0.29) is 15.7 Å². The summed E-state index contributed by atoms with van der Waals surface area (Å²) < 4.78 is 0.202. The van der Waals surface area contributed by atoms with Crippen molar-refractivity contribution in [3.8, 4) is 5.88 Å². The maximum atomic E-state index is 11.9. The molecule has 0 amide bonds. The van der Waals surface area contributed by atoms with Gasteiger partial charge >= 0.3 is 0 Å². The number of hydrogen-bond donors (Lipinski definition) is 2. The van der Waals surface area contributed by atoms with Crippen molar-refractivity contribution in [2.45, 2.75) is 0 Å². The standard InChI is InChI=1S/C13H6N2O4/c16-11-5-1-2-6-9-7(13(18)15(19)12(6)17)3-4-8(14-11)10(5)9/h1-4,18-19H. The molecule has 2 N–H and O–H groups in total. The minimum absolute atomic E-state index is 0.202. The lowest BCUT2D eigenvalue weighted by atomic mass is 10.0. The fraction of sp³-hybridized carbons (Fsp3) is 0. The molecule has 6 heteroatoms. The van der Waals surface area contributed by atoms with E-state index in [1.54, 1.807) is 6.07 Å². The molecule has 4 aromatic rings. The van der Waals surface area contributed by atoms with Crippen molar-refractivity contribution in [3.05, 3.63) is 45.0 Å². The highest BCUT2D eigenvalue weighted by molar-refractivity contribution is 6.23. The molecule has 0 saturated heterocycles. The zero-order valence-corrected chi connectivity index (χ0v) is 9.41. The molecule has 6 nitrogen and oxygen atoms in total. The number of rotatable bonds is 0. The minimum atomic E-state index is -0.729. The zero-order valence-electron chi connectivity index (χ0n) is 9.41. The van der Waals surface area contributed by atoms with Gasteiger partial charge < -0.3 is 10.3 Å². The van der Waals surface area contributed by atoms with Crippen molar-refractivity contribution < 1.29 is 10.3 Å². The Hall–Kier alpha value is -2.89. The number of nitrogens with zero attached hydrogens (tertiary/aromatic N) is 2. The van der Waals surface area contributed by atoms with Crippen LogP contribution in [0, 0.1) is 0 Å². The molecule has 2 heterocycles. The van der Waals surface area contributed by atoms with Gasteiger partial charge in [0, 0.05) is 16.2 Å². The first-order chi connectivity index (χ1) is 9.09. The first-order valence-electron chi connectivity index (χ1n) is 5.55. The van der Waals surface area contributed by atoms with Gasteiger partial charge in [-0.15, -0.1) is 4.73 Å². The Labute approximate surface area is 104 Å². The smallest absolute Gasteiger partial charge is 0.294 e. The highest BCUT2D eigenvalue weighted by Crippen LogP contribution is 2.34. The third kappa shape index (κ3) is 0.994. The van der Waals surface area contributed by atoms with Crippen LogP contribution in [0.15, 0.2) is 33.9 Å². The van der Waals surface area contributed by atoms with Crippen LogP contribution in [0.1, 0.15) is 0 Å². The third-order valence-corrected chi connectivity index (χ3v) is 3.46. The summed E-state index contributed by atoms with van der Waals surface area (Å²) >= 11 is 0. The number of pyridine rings is 1. The predicted octanol–water partition coefficient (Wildman–Crippen LogP) is 0.882. The highest BCUT2D eigenvalue weighted by Gasteiger charge is 2.19. The third-order valence-electron chi connectivity index (χ3n) is 3.46. The number of hydrogen-bond acceptors (Lipinski definition) is 5. The minimum Gasteiger partial charge on any atom is -0.492 e. The second-order valence-corrected chi connectivity index (χ2v) is 4.40. The Morgan fingerprint density at radius 2 is 1.63 bits per heavy atom. The Balaban J connectivity index is 2.55. The van der Waals surface area contributed by atoms with Gasteiger partial charge in [0.25, 0.3) is 11.1 Å². The summed E-state index contributed by atoms with van der Waals surface area (Å²) in [5.74, 6) is -0.541. The molecule has 0 aliphatic carbocycles. The molecule has 0 spiro atoms. The Bertz CT molecular complexity index is 1070. The molecule has 92 valence electrons. The van der Waals surface area contributed by atoms with Gasteiger partial charge in [0.2, 0.25) is 5.88 Å². The largest absolute Gasteiger partial charge is 0.492 e. The topological polar surface area (TPSA) is 92.4 Å². The number of aromatic nitrogens is 2. The molecule has 2 aromatic carbocycles. The second-order valence-electron chi connectivity index (χ2n) is 4.40. The van der Waals surface area contributed by atoms with Gasteiger partial charge in [-0.25, -0.2) is 4.98 Å². The average molecular weight is 254 g/mol. The van der Waals surface area contributed by atoms with Crippen LogP contribution in [-0.2, 0) is 0 Å². The van der Waals surface area contributed by atoms with E-state index in [0.717, 1.165) is 0 Å². The summed E-state index contributed by atoms with van der Waals surface area (Å²) in [4.78, 5) is 27.5. The quantitative estimate of drug-likeness (QED) is 0.454. The van der Waals surface area contributed by atoms with Crippen molar-refractivity contribution in [3.63, 3.8) is 0 Å². The molecule has 0 fully saturated rings. The number of benzene rings is 2. The van der Waals surface area contributed by atoms with Crippen LogP contribution < -0.4 is 11.1 Å². The van der Waals surface area contributed by atoms with E-state index in [0.29, 0.717) is 27.1 Å². The SMILES string of the molecule is O=c1nc2ccc3c(O)n(O)c(=O)c4ccc1c2c34. The van der Waals surface area contributed by atoms with E-state index in [9.17, 15) is 19.9 Å². The molecule has 0 saturated carbocycles. The lowest BCUT2D eigenvalue weighted by Crippen LogP contribution is -2.17. The monoisotopic (exact) mass is 254 g/mol. The van der Waals surface area contributed by atoms with E-state index in [1.165, 1.54) is 18.2 Å². The summed E-state index contributed by atoms with van der Waals surface area (Å²) in [5.41, 5.74) is -0.613. The normalized spacial score (nSPS) is 12.0. The second kappa shape index (κ2) is 2.92. The van der Waals surface area contributed by atoms with E-state index >= 15 is 0 Å². The Morgan fingerprint density at radius 3 is 2.42 bits per heavy atom. The molecular formula is C13H6N2O4. The molecule has 0 aliphatic heterocycles. The van der Waals surface area contributed by atoms with Crippen molar-refractivity contribution in [1.82, 2.24) is 9.71 Å². The lowest BCUT2D eigenvalue weighted by molar-refractivity contribution is 0.147. The van der Waals surface area contributed by atoms with Gasteiger partial charge in [-0.3, -0.25) is 9.59 Å². The van der Waals surface area contributed by atoms with E-state index in [4.69, 9.17) is 0 Å². The van der Waals surface area contributed by atoms with Gasteiger partial charge in [0.15, 0.2) is 0 Å². The first-order valence-corrected chi connectivity index (χ1v) is 5.55. The van der Waals surface area contributed by atoms with Gasteiger partial charge in [-0.05, 0) is 24.3 Å². The van der Waals surface area contributed by atoms with Crippen LogP contribution in [0.3, 0.4) is 0 Å². The number of aromatic hydroxyl groups is 1. The van der Waals surface area contributed by atoms with Gasteiger partial charge in [-0.1, -0.05) is 0 Å². The van der Waals surface area contributed by atoms with Crippen LogP contribution in [-0.4, -0.2) is 20.0 Å². The van der Waals surface area contributed by atoms with E-state index in [2.05, 4.69) is 4.98 Å². The first kappa shape index (κ1) is 10.1. The van der Waals surface area contributed by atoms with Gasteiger partial charge in [-0.2, -0.15) is 0 Å². The Kier molecular flexibility index (Phi) is 1.55. The summed E-state index contributed by atoms with van der Waals surface area (Å²) in [6.45, 7) is 0. The molecule has 0 radical (unpaired) electrons. The average Bonchev–Trinajstić information content (AvgIpc) is 2.74. The maximum Gasteiger partial charge on any atom is 0.294 e. The van der Waals surface area contributed by atoms with Crippen molar-refractivity contribution in [2.75, 3.05) is 0 Å². The van der Waals surface area contributed by atoms with Gasteiger partial charge in [0.1, 0.15) is 0 Å². The fourth-order valence-electron chi connectivity index (χ4n) is 2.61. The van der Waals surface area contributed by atoms with Crippen LogP contribution in [0.25, 0.3) is 32.4 Å². The lowest BCUT2D eigenvalue weighted by Gasteiger charge is -2.08. The van der Waals surface area contributed by atoms with Crippen LogP contribution in [0.5, 0.6) is 5.88 Å². The van der Waals surface area contributed by atoms with Crippen molar-refractivity contribution >= 4 is 32.4 Å². The van der Waals surface area contributed by atoms with Crippen molar-refractivity contribution in [1.29, 1.82) is 0 Å².